The van der Waals surface area contributed by atoms with E-state index in [4.69, 9.17) is 0 Å². The van der Waals surface area contributed by atoms with Crippen molar-refractivity contribution in [2.75, 3.05) is 20.4 Å². The van der Waals surface area contributed by atoms with Crippen LogP contribution < -0.4 is 5.09 Å². The topological polar surface area (TPSA) is 12.0 Å². The van der Waals surface area contributed by atoms with Crippen LogP contribution >= 0.6 is 5.66 Å². The zero-order chi connectivity index (χ0) is 5.21. The fourth-order valence-corrected chi connectivity index (χ4v) is 0. The molecule has 0 aromatic heterocycles. The molecule has 0 unspecified atom stereocenters. The molecule has 0 aliphatic rings. The van der Waals surface area contributed by atoms with E-state index >= 15 is 0 Å². The molecule has 0 aliphatic carbocycles. The number of hydrogen-bond donors (Lipinski definition) is 1. The van der Waals surface area contributed by atoms with Crippen LogP contribution in [-0.2, 0) is 0 Å². The Morgan fingerprint density at radius 3 is 1.67 bits per heavy atom. The van der Waals surface area contributed by atoms with Gasteiger partial charge in [-0.1, -0.05) is 0 Å². The van der Waals surface area contributed by atoms with E-state index in [1.54, 1.807) is 0 Å². The molecule has 0 bridgehead atoms. The Morgan fingerprint density at radius 1 is 1.50 bits per heavy atom. The molecule has 0 saturated carbocycles. The van der Waals surface area contributed by atoms with Crippen LogP contribution in [0.1, 0.15) is 0 Å². The van der Waals surface area contributed by atoms with Gasteiger partial charge in [0.1, 0.15) is 0 Å². The van der Waals surface area contributed by atoms with Crippen molar-refractivity contribution in [2.45, 2.75) is 0 Å². The summed E-state index contributed by atoms with van der Waals surface area (Å²) in [4.78, 5) is 0. The van der Waals surface area contributed by atoms with Gasteiger partial charge < -0.3 is 0 Å². The van der Waals surface area contributed by atoms with Crippen molar-refractivity contribution in [3.05, 3.63) is 0 Å². The van der Waals surface area contributed by atoms with Crippen LogP contribution in [0.15, 0.2) is 0 Å². The summed E-state index contributed by atoms with van der Waals surface area (Å²) in [6.07, 6.45) is 0. The Kier molecular flexibility index (Phi) is 2.62. The first-order valence-electron chi connectivity index (χ1n) is 1.80. The molecule has 38 valence electrons. The summed E-state index contributed by atoms with van der Waals surface area (Å²) >= 11 is 3.07. The first-order valence-corrected chi connectivity index (χ1v) is 6.70. The molecule has 6 heavy (non-hydrogen) atoms. The van der Waals surface area contributed by atoms with Crippen LogP contribution in [0.4, 0.5) is 0 Å². The minimum absolute atomic E-state index is 0.772. The van der Waals surface area contributed by atoms with Crippen molar-refractivity contribution in [2.24, 2.45) is 0 Å². The fraction of sp³-hybridized carbons (Fsp3) is 1.00. The number of nitrogens with one attached hydrogen (secondary N) is 1. The quantitative estimate of drug-likeness (QED) is 0.445. The van der Waals surface area contributed by atoms with Crippen molar-refractivity contribution in [1.29, 1.82) is 0 Å². The van der Waals surface area contributed by atoms with E-state index in [-0.39, 0.29) is 0 Å². The summed E-state index contributed by atoms with van der Waals surface area (Å²) in [5, 5.41) is 3.16. The number of rotatable bonds is 1. The summed E-state index contributed by atoms with van der Waals surface area (Å²) in [6, 6.07) is 0. The summed E-state index contributed by atoms with van der Waals surface area (Å²) in [7, 11) is 1.98. The molecule has 0 aliphatic heterocycles. The zero-order valence-corrected chi connectivity index (χ0v) is 6.96. The second-order valence-corrected chi connectivity index (χ2v) is 10.5. The van der Waals surface area contributed by atoms with E-state index in [2.05, 4.69) is 33.5 Å². The van der Waals surface area contributed by atoms with Crippen LogP contribution in [0, 0.1) is 0 Å². The third kappa shape index (κ3) is 4.91. The molecule has 1 N–H and O–H groups in total. The van der Waals surface area contributed by atoms with Crippen LogP contribution in [0.5, 0.6) is 0 Å². The van der Waals surface area contributed by atoms with Gasteiger partial charge in [-0.25, -0.2) is 0 Å². The molecule has 0 aromatic carbocycles. The number of hydrogen-bond acceptors (Lipinski definition) is 1. The molecule has 3 heteroatoms. The molecule has 0 amide bonds. The molecule has 1 nitrogen and oxygen atoms in total. The maximum atomic E-state index is 3.16. The van der Waals surface area contributed by atoms with Crippen molar-refractivity contribution in [3.63, 3.8) is 0 Å². The molecule has 0 saturated heterocycles. The summed E-state index contributed by atoms with van der Waals surface area (Å²) in [6.45, 7) is 4.38. The van der Waals surface area contributed by atoms with Gasteiger partial charge in [0, 0.05) is 0 Å². The van der Waals surface area contributed by atoms with Crippen LogP contribution in [-0.4, -0.2) is 35.5 Å². The average molecular weight is 170 g/mol. The summed E-state index contributed by atoms with van der Waals surface area (Å²) in [5.74, 6) is 0. The first-order chi connectivity index (χ1) is 2.56. The Labute approximate surface area is 46.8 Å². The predicted octanol–water partition coefficient (Wildman–Crippen LogP) is 0.481. The van der Waals surface area contributed by atoms with Crippen LogP contribution in [0.2, 0.25) is 0 Å². The second kappa shape index (κ2) is 2.28. The summed E-state index contributed by atoms with van der Waals surface area (Å²) in [5.41, 5.74) is -0.772. The molecule has 0 aromatic rings. The van der Waals surface area contributed by atoms with E-state index in [9.17, 15) is 0 Å². The maximum absolute atomic E-state index is 3.16. The molecule has 0 atom stereocenters. The molecule has 0 fully saturated rings. The second-order valence-electron chi connectivity index (χ2n) is 1.57. The van der Waals surface area contributed by atoms with Crippen molar-refractivity contribution < 1.29 is 0 Å². The van der Waals surface area contributed by atoms with Gasteiger partial charge in [0.05, 0.1) is 0 Å². The van der Waals surface area contributed by atoms with Gasteiger partial charge in [0.2, 0.25) is 0 Å². The van der Waals surface area contributed by atoms with Gasteiger partial charge in [-0.15, -0.1) is 0 Å². The Morgan fingerprint density at radius 2 is 1.67 bits per heavy atom. The van der Waals surface area contributed by atoms with Gasteiger partial charge in [-0.3, -0.25) is 0 Å². The molecule has 0 rings (SSSR count). The zero-order valence-electron chi connectivity index (χ0n) is 4.36. The predicted molar refractivity (Wildman–Crippen MR) is 33.6 cm³/mol. The minimum atomic E-state index is -0.772. The Hall–Kier alpha value is 0.909. The summed E-state index contributed by atoms with van der Waals surface area (Å²) < 4.78 is 0. The van der Waals surface area contributed by atoms with E-state index in [0.717, 1.165) is 0 Å². The monoisotopic (exact) mass is 171 g/mol. The average Bonchev–Trinajstić information content (AvgIpc) is 1.35. The van der Waals surface area contributed by atoms with Gasteiger partial charge in [-0.05, 0) is 0 Å². The normalized spacial score (nSPS) is 11.8. The van der Waals surface area contributed by atoms with Crippen molar-refractivity contribution in [3.8, 4) is 0 Å². The Bertz CT molecular complexity index is 74.9. The van der Waals surface area contributed by atoms with E-state index in [1.807, 2.05) is 7.05 Å². The third-order valence-electron chi connectivity index (χ3n) is 0.539. The Balaban J connectivity index is 3.48. The molecular weight excluding hydrogens is 160 g/mol. The van der Waals surface area contributed by atoms with E-state index in [1.165, 1.54) is 0 Å². The van der Waals surface area contributed by atoms with Gasteiger partial charge in [0.25, 0.3) is 0 Å². The van der Waals surface area contributed by atoms with Crippen LogP contribution in [0.25, 0.3) is 0 Å². The van der Waals surface area contributed by atoms with Crippen molar-refractivity contribution in [1.82, 2.24) is 5.09 Å². The third-order valence-corrected chi connectivity index (χ3v) is 2.76. The van der Waals surface area contributed by atoms with E-state index < -0.39 is 5.66 Å². The van der Waals surface area contributed by atoms with E-state index in [0.29, 0.717) is 0 Å². The standard InChI is InChI=1S/C3H10NPSe/c1-4-5(2,3)6/h1-3H3,(H,4,6). The molecule has 0 spiro atoms. The van der Waals surface area contributed by atoms with Gasteiger partial charge in [-0.2, -0.15) is 0 Å². The fourth-order valence-electron chi connectivity index (χ4n) is 0. The van der Waals surface area contributed by atoms with Crippen LogP contribution in [0.3, 0.4) is 0 Å². The molecule has 0 heterocycles. The van der Waals surface area contributed by atoms with Gasteiger partial charge >= 0.3 is 46.2 Å². The molecule has 0 radical (unpaired) electrons. The first kappa shape index (κ1) is 6.91. The molecular formula is C3H10NPSe. The SMILES string of the molecule is CNP(C)(C)=[Se]. The van der Waals surface area contributed by atoms with Crippen molar-refractivity contribution >= 4 is 20.8 Å². The van der Waals surface area contributed by atoms with Gasteiger partial charge in [0.15, 0.2) is 0 Å².